The van der Waals surface area contributed by atoms with Gasteiger partial charge in [-0.15, -0.1) is 0 Å². The maximum atomic E-state index is 12.5. The molecule has 132 valence electrons. The van der Waals surface area contributed by atoms with Crippen LogP contribution in [0.4, 0.5) is 0 Å². The van der Waals surface area contributed by atoms with Crippen LogP contribution in [0, 0.1) is 0 Å². The summed E-state index contributed by atoms with van der Waals surface area (Å²) in [5.74, 6) is 0.0897. The van der Waals surface area contributed by atoms with E-state index in [0.29, 0.717) is 21.9 Å². The highest BCUT2D eigenvalue weighted by atomic mass is 35.5. The first kappa shape index (κ1) is 17.0. The van der Waals surface area contributed by atoms with Crippen molar-refractivity contribution in [1.82, 2.24) is 4.98 Å². The molecule has 0 unspecified atom stereocenters. The van der Waals surface area contributed by atoms with Crippen LogP contribution >= 0.6 is 11.6 Å². The smallest absolute Gasteiger partial charge is 0.343 e. The SMILES string of the molecule is O=C(Oc1ccc2c(c1)O/C(=C\c1ccc(Cl)cc1)C2=O)c1ccncc1. The van der Waals surface area contributed by atoms with E-state index in [1.165, 1.54) is 18.5 Å². The Morgan fingerprint density at radius 3 is 2.52 bits per heavy atom. The highest BCUT2D eigenvalue weighted by Crippen LogP contribution is 2.35. The van der Waals surface area contributed by atoms with Gasteiger partial charge in [0.05, 0.1) is 11.1 Å². The molecule has 2 heterocycles. The summed E-state index contributed by atoms with van der Waals surface area (Å²) >= 11 is 5.87. The van der Waals surface area contributed by atoms with Gasteiger partial charge in [0.15, 0.2) is 5.76 Å². The lowest BCUT2D eigenvalue weighted by atomic mass is 10.1. The van der Waals surface area contributed by atoms with Gasteiger partial charge in [-0.2, -0.15) is 0 Å². The summed E-state index contributed by atoms with van der Waals surface area (Å²) in [4.78, 5) is 28.5. The van der Waals surface area contributed by atoms with Gasteiger partial charge >= 0.3 is 5.97 Å². The van der Waals surface area contributed by atoms with Crippen LogP contribution in [0.15, 0.2) is 72.8 Å². The molecule has 1 aliphatic rings. The second kappa shape index (κ2) is 7.05. The van der Waals surface area contributed by atoms with Crippen molar-refractivity contribution in [1.29, 1.82) is 0 Å². The number of fused-ring (bicyclic) bond motifs is 1. The third kappa shape index (κ3) is 3.59. The van der Waals surface area contributed by atoms with Crippen molar-refractivity contribution in [2.75, 3.05) is 0 Å². The van der Waals surface area contributed by atoms with Crippen molar-refractivity contribution in [3.8, 4) is 11.5 Å². The summed E-state index contributed by atoms with van der Waals surface area (Å²) in [6, 6.07) is 14.8. The molecule has 0 spiro atoms. The first-order valence-corrected chi connectivity index (χ1v) is 8.44. The Balaban J connectivity index is 1.55. The molecule has 0 aliphatic carbocycles. The number of rotatable bonds is 3. The number of benzene rings is 2. The highest BCUT2D eigenvalue weighted by Gasteiger charge is 2.28. The van der Waals surface area contributed by atoms with Gasteiger partial charge in [0, 0.05) is 23.5 Å². The highest BCUT2D eigenvalue weighted by molar-refractivity contribution is 6.30. The van der Waals surface area contributed by atoms with E-state index in [1.807, 2.05) is 0 Å². The number of carbonyl (C=O) groups excluding carboxylic acids is 2. The number of esters is 1. The summed E-state index contributed by atoms with van der Waals surface area (Å²) in [7, 11) is 0. The summed E-state index contributed by atoms with van der Waals surface area (Å²) in [5.41, 5.74) is 1.59. The Labute approximate surface area is 159 Å². The molecule has 4 rings (SSSR count). The van der Waals surface area contributed by atoms with Crippen molar-refractivity contribution in [3.63, 3.8) is 0 Å². The Bertz CT molecular complexity index is 1060. The van der Waals surface area contributed by atoms with Gasteiger partial charge in [-0.3, -0.25) is 9.78 Å². The molecular weight excluding hydrogens is 366 g/mol. The van der Waals surface area contributed by atoms with Gasteiger partial charge in [0.1, 0.15) is 11.5 Å². The number of hydrogen-bond donors (Lipinski definition) is 0. The summed E-state index contributed by atoms with van der Waals surface area (Å²) < 4.78 is 11.0. The minimum absolute atomic E-state index is 0.199. The van der Waals surface area contributed by atoms with E-state index in [4.69, 9.17) is 21.1 Å². The van der Waals surface area contributed by atoms with Crippen LogP contribution < -0.4 is 9.47 Å². The number of halogens is 1. The Morgan fingerprint density at radius 2 is 1.78 bits per heavy atom. The fourth-order valence-electron chi connectivity index (χ4n) is 2.60. The Hall–Kier alpha value is -3.44. The fraction of sp³-hybridized carbons (Fsp3) is 0. The Morgan fingerprint density at radius 1 is 1.04 bits per heavy atom. The molecule has 0 saturated carbocycles. The largest absolute Gasteiger partial charge is 0.452 e. The number of ether oxygens (including phenoxy) is 2. The molecule has 2 aromatic carbocycles. The molecule has 3 aromatic rings. The Kier molecular flexibility index (Phi) is 4.44. The average Bonchev–Trinajstić information content (AvgIpc) is 2.99. The number of hydrogen-bond acceptors (Lipinski definition) is 5. The standard InChI is InChI=1S/C21H12ClNO4/c22-15-3-1-13(2-4-15)11-19-20(24)17-6-5-16(12-18(17)27-19)26-21(25)14-7-9-23-10-8-14/h1-12H/b19-11-. The van der Waals surface area contributed by atoms with Gasteiger partial charge in [-0.1, -0.05) is 23.7 Å². The van der Waals surface area contributed by atoms with Crippen molar-refractivity contribution in [3.05, 3.63) is 94.5 Å². The summed E-state index contributed by atoms with van der Waals surface area (Å²) in [6.45, 7) is 0. The lowest BCUT2D eigenvalue weighted by Gasteiger charge is -2.05. The number of pyridine rings is 1. The van der Waals surface area contributed by atoms with Crippen molar-refractivity contribution < 1.29 is 19.1 Å². The van der Waals surface area contributed by atoms with Gasteiger partial charge in [0.25, 0.3) is 0 Å². The van der Waals surface area contributed by atoms with Crippen LogP contribution in [0.25, 0.3) is 6.08 Å². The predicted molar refractivity (Wildman–Crippen MR) is 100 cm³/mol. The number of carbonyl (C=O) groups is 2. The van der Waals surface area contributed by atoms with E-state index in [0.717, 1.165) is 5.56 Å². The lowest BCUT2D eigenvalue weighted by Crippen LogP contribution is -2.08. The van der Waals surface area contributed by atoms with Crippen LogP contribution in [-0.4, -0.2) is 16.7 Å². The van der Waals surface area contributed by atoms with Crippen molar-refractivity contribution in [2.45, 2.75) is 0 Å². The van der Waals surface area contributed by atoms with E-state index in [-0.39, 0.29) is 17.3 Å². The zero-order valence-electron chi connectivity index (χ0n) is 13.9. The normalized spacial score (nSPS) is 14.0. The number of aromatic nitrogens is 1. The summed E-state index contributed by atoms with van der Waals surface area (Å²) in [5, 5.41) is 0.611. The molecule has 1 aromatic heterocycles. The minimum atomic E-state index is -0.515. The van der Waals surface area contributed by atoms with E-state index in [2.05, 4.69) is 4.98 Å². The maximum Gasteiger partial charge on any atom is 0.343 e. The molecule has 0 atom stereocenters. The molecule has 1 aliphatic heterocycles. The van der Waals surface area contributed by atoms with Crippen LogP contribution in [0.2, 0.25) is 5.02 Å². The van der Waals surface area contributed by atoms with Gasteiger partial charge in [-0.25, -0.2) is 4.79 Å². The first-order valence-electron chi connectivity index (χ1n) is 8.06. The number of Topliss-reactive ketones (excluding diaryl/α,β-unsaturated/α-hetero) is 1. The molecule has 0 amide bonds. The number of nitrogens with zero attached hydrogens (tertiary/aromatic N) is 1. The van der Waals surface area contributed by atoms with E-state index >= 15 is 0 Å². The molecule has 0 fully saturated rings. The molecule has 5 nitrogen and oxygen atoms in total. The monoisotopic (exact) mass is 377 g/mol. The second-order valence-corrected chi connectivity index (χ2v) is 6.21. The van der Waals surface area contributed by atoms with E-state index in [1.54, 1.807) is 54.6 Å². The number of ketones is 1. The third-order valence-electron chi connectivity index (χ3n) is 3.94. The van der Waals surface area contributed by atoms with E-state index in [9.17, 15) is 9.59 Å². The van der Waals surface area contributed by atoms with Gasteiger partial charge in [0.2, 0.25) is 5.78 Å². The van der Waals surface area contributed by atoms with Crippen LogP contribution in [0.1, 0.15) is 26.3 Å². The third-order valence-corrected chi connectivity index (χ3v) is 4.19. The zero-order chi connectivity index (χ0) is 18.8. The molecule has 0 saturated heterocycles. The van der Waals surface area contributed by atoms with Gasteiger partial charge in [-0.05, 0) is 48.0 Å². The van der Waals surface area contributed by atoms with Crippen molar-refractivity contribution >= 4 is 29.4 Å². The quantitative estimate of drug-likeness (QED) is 0.380. The second-order valence-electron chi connectivity index (χ2n) is 5.77. The summed E-state index contributed by atoms with van der Waals surface area (Å²) in [6.07, 6.45) is 4.66. The molecule has 0 radical (unpaired) electrons. The van der Waals surface area contributed by atoms with Crippen LogP contribution in [0.3, 0.4) is 0 Å². The van der Waals surface area contributed by atoms with Gasteiger partial charge < -0.3 is 9.47 Å². The first-order chi connectivity index (χ1) is 13.1. The average molecular weight is 378 g/mol. The molecule has 0 N–H and O–H groups in total. The van der Waals surface area contributed by atoms with Crippen LogP contribution in [-0.2, 0) is 0 Å². The zero-order valence-corrected chi connectivity index (χ0v) is 14.6. The predicted octanol–water partition coefficient (Wildman–Crippen LogP) is 4.57. The lowest BCUT2D eigenvalue weighted by molar-refractivity contribution is 0.0734. The van der Waals surface area contributed by atoms with Crippen molar-refractivity contribution in [2.24, 2.45) is 0 Å². The maximum absolute atomic E-state index is 12.5. The van der Waals surface area contributed by atoms with Crippen LogP contribution in [0.5, 0.6) is 11.5 Å². The number of allylic oxidation sites excluding steroid dienone is 1. The minimum Gasteiger partial charge on any atom is -0.452 e. The fourth-order valence-corrected chi connectivity index (χ4v) is 2.72. The topological polar surface area (TPSA) is 65.5 Å². The molecule has 27 heavy (non-hydrogen) atoms. The van der Waals surface area contributed by atoms with E-state index < -0.39 is 5.97 Å². The molecule has 6 heteroatoms. The molecule has 0 bridgehead atoms. The molecular formula is C21H12ClNO4.